The molecule has 0 radical (unpaired) electrons. The number of nitrogens with one attached hydrogen (secondary N) is 1. The zero-order chi connectivity index (χ0) is 10.6. The first-order chi connectivity index (χ1) is 5.75. The summed E-state index contributed by atoms with van der Waals surface area (Å²) in [7, 11) is 0. The molecule has 0 aromatic carbocycles. The zero-order valence-electron chi connectivity index (χ0n) is 9.77. The van der Waals surface area contributed by atoms with Crippen molar-refractivity contribution in [2.75, 3.05) is 0 Å². The molecule has 80 valence electrons. The zero-order valence-corrected chi connectivity index (χ0v) is 9.77. The second-order valence-electron chi connectivity index (χ2n) is 5.04. The van der Waals surface area contributed by atoms with Gasteiger partial charge >= 0.3 is 0 Å². The van der Waals surface area contributed by atoms with E-state index in [9.17, 15) is 4.79 Å². The fourth-order valence-corrected chi connectivity index (χ4v) is 0.991. The van der Waals surface area contributed by atoms with Crippen LogP contribution in [0, 0.1) is 11.3 Å². The molecule has 0 aliphatic carbocycles. The monoisotopic (exact) mass is 187 g/mol. The third kappa shape index (κ3) is 4.91. The average Bonchev–Trinajstić information content (AvgIpc) is 1.82. The maximum absolute atomic E-state index is 11.5. The smallest absolute Gasteiger partial charge is 0.220 e. The van der Waals surface area contributed by atoms with Crippen LogP contribution in [-0.2, 0) is 4.79 Å². The molecular weight excluding hydrogens is 162 g/mol. The van der Waals surface area contributed by atoms with Gasteiger partial charge in [-0.1, -0.05) is 27.7 Å². The van der Waals surface area contributed by atoms with E-state index >= 15 is 0 Å². The first kappa shape index (κ1) is 12.5. The van der Waals surface area contributed by atoms with Gasteiger partial charge in [0.1, 0.15) is 0 Å². The van der Waals surface area contributed by atoms with Gasteiger partial charge < -0.3 is 5.32 Å². The molecular formula is C11H25NO. The van der Waals surface area contributed by atoms with Gasteiger partial charge in [0.15, 0.2) is 0 Å². The van der Waals surface area contributed by atoms with E-state index in [1.165, 1.54) is 0 Å². The SMILES string of the molecule is CC(C)NC(=O)CC(C)(C)C(C)C.[HH]. The van der Waals surface area contributed by atoms with E-state index in [0.717, 1.165) is 0 Å². The summed E-state index contributed by atoms with van der Waals surface area (Å²) in [5, 5.41) is 2.91. The molecule has 2 heteroatoms. The van der Waals surface area contributed by atoms with Crippen molar-refractivity contribution in [2.24, 2.45) is 11.3 Å². The third-order valence-electron chi connectivity index (χ3n) is 2.63. The highest BCUT2D eigenvalue weighted by atomic mass is 16.1. The maximum Gasteiger partial charge on any atom is 0.220 e. The maximum atomic E-state index is 11.5. The van der Waals surface area contributed by atoms with Gasteiger partial charge in [0.05, 0.1) is 0 Å². The molecule has 0 aromatic heterocycles. The van der Waals surface area contributed by atoms with Crippen LogP contribution < -0.4 is 5.32 Å². The molecule has 0 fully saturated rings. The first-order valence-electron chi connectivity index (χ1n) is 5.05. The summed E-state index contributed by atoms with van der Waals surface area (Å²) in [6.07, 6.45) is 0.614. The lowest BCUT2D eigenvalue weighted by Gasteiger charge is -2.28. The molecule has 0 aliphatic heterocycles. The summed E-state index contributed by atoms with van der Waals surface area (Å²) in [6.45, 7) is 12.6. The van der Waals surface area contributed by atoms with Crippen molar-refractivity contribution in [2.45, 2.75) is 54.0 Å². The minimum Gasteiger partial charge on any atom is -0.354 e. The Hall–Kier alpha value is -0.530. The van der Waals surface area contributed by atoms with Gasteiger partial charge in [-0.2, -0.15) is 0 Å². The number of amides is 1. The molecule has 0 bridgehead atoms. The number of carbonyl (C=O) groups excluding carboxylic acids is 1. The molecule has 13 heavy (non-hydrogen) atoms. The Morgan fingerprint density at radius 1 is 1.31 bits per heavy atom. The normalized spacial score (nSPS) is 12.3. The van der Waals surface area contributed by atoms with Crippen molar-refractivity contribution in [1.29, 1.82) is 0 Å². The van der Waals surface area contributed by atoms with E-state index < -0.39 is 0 Å². The van der Waals surface area contributed by atoms with Crippen molar-refractivity contribution in [1.82, 2.24) is 5.32 Å². The molecule has 0 atom stereocenters. The number of hydrogen-bond donors (Lipinski definition) is 1. The number of hydrogen-bond acceptors (Lipinski definition) is 1. The van der Waals surface area contributed by atoms with Crippen molar-refractivity contribution in [3.05, 3.63) is 0 Å². The van der Waals surface area contributed by atoms with Crippen LogP contribution in [0.4, 0.5) is 0 Å². The number of rotatable bonds is 4. The first-order valence-corrected chi connectivity index (χ1v) is 5.05. The second-order valence-corrected chi connectivity index (χ2v) is 5.04. The summed E-state index contributed by atoms with van der Waals surface area (Å²) in [6, 6.07) is 0.246. The third-order valence-corrected chi connectivity index (χ3v) is 2.63. The van der Waals surface area contributed by atoms with Gasteiger partial charge in [0, 0.05) is 13.9 Å². The van der Waals surface area contributed by atoms with Gasteiger partial charge in [-0.05, 0) is 25.2 Å². The lowest BCUT2D eigenvalue weighted by atomic mass is 9.78. The van der Waals surface area contributed by atoms with E-state index in [2.05, 4.69) is 33.0 Å². The molecule has 0 aliphatic rings. The summed E-state index contributed by atoms with van der Waals surface area (Å²) in [5.41, 5.74) is 0.0962. The predicted octanol–water partition coefficient (Wildman–Crippen LogP) is 2.83. The summed E-state index contributed by atoms with van der Waals surface area (Å²) in [4.78, 5) is 11.5. The second kappa shape index (κ2) is 4.64. The van der Waals surface area contributed by atoms with E-state index in [4.69, 9.17) is 0 Å². The fraction of sp³-hybridized carbons (Fsp3) is 0.909. The van der Waals surface area contributed by atoms with Crippen molar-refractivity contribution in [3.8, 4) is 0 Å². The standard InChI is InChI=1S/C11H23NO.H2/c1-8(2)11(5,6)7-10(13)12-9(3)4;/h8-9H,7H2,1-6H3,(H,12,13);1H. The largest absolute Gasteiger partial charge is 0.354 e. The van der Waals surface area contributed by atoms with Gasteiger partial charge in [-0.3, -0.25) is 4.79 Å². The van der Waals surface area contributed by atoms with E-state index in [1.54, 1.807) is 0 Å². The topological polar surface area (TPSA) is 29.1 Å². The minimum atomic E-state index is 0. The van der Waals surface area contributed by atoms with Crippen LogP contribution in [0.1, 0.15) is 49.4 Å². The Bertz CT molecular complexity index is 176. The lowest BCUT2D eigenvalue weighted by Crippen LogP contribution is -2.35. The van der Waals surface area contributed by atoms with Gasteiger partial charge in [-0.15, -0.1) is 0 Å². The Kier molecular flexibility index (Phi) is 4.45. The molecule has 0 spiro atoms. The van der Waals surface area contributed by atoms with Crippen molar-refractivity contribution >= 4 is 5.91 Å². The fourth-order valence-electron chi connectivity index (χ4n) is 0.991. The highest BCUT2D eigenvalue weighted by Gasteiger charge is 2.25. The Labute approximate surface area is 83.6 Å². The van der Waals surface area contributed by atoms with E-state index in [-0.39, 0.29) is 18.8 Å². The van der Waals surface area contributed by atoms with Gasteiger partial charge in [0.2, 0.25) is 5.91 Å². The van der Waals surface area contributed by atoms with Crippen LogP contribution in [-0.4, -0.2) is 11.9 Å². The van der Waals surface area contributed by atoms with Gasteiger partial charge in [-0.25, -0.2) is 0 Å². The van der Waals surface area contributed by atoms with Crippen molar-refractivity contribution in [3.63, 3.8) is 0 Å². The van der Waals surface area contributed by atoms with Gasteiger partial charge in [0.25, 0.3) is 0 Å². The molecule has 0 heterocycles. The molecule has 0 saturated carbocycles. The molecule has 0 saturated heterocycles. The highest BCUT2D eigenvalue weighted by molar-refractivity contribution is 5.76. The Balaban J connectivity index is 0. The summed E-state index contributed by atoms with van der Waals surface area (Å²) in [5.74, 6) is 0.694. The van der Waals surface area contributed by atoms with Crippen LogP contribution in [0.2, 0.25) is 0 Å². The van der Waals surface area contributed by atoms with Crippen LogP contribution in [0.3, 0.4) is 0 Å². The number of carbonyl (C=O) groups is 1. The lowest BCUT2D eigenvalue weighted by molar-refractivity contribution is -0.124. The molecule has 0 rings (SSSR count). The summed E-state index contributed by atoms with van der Waals surface area (Å²) >= 11 is 0. The van der Waals surface area contributed by atoms with Crippen LogP contribution in [0.5, 0.6) is 0 Å². The molecule has 0 aromatic rings. The van der Waals surface area contributed by atoms with Crippen LogP contribution in [0.15, 0.2) is 0 Å². The van der Waals surface area contributed by atoms with E-state index in [1.807, 2.05) is 13.8 Å². The Morgan fingerprint density at radius 2 is 1.77 bits per heavy atom. The Morgan fingerprint density at radius 3 is 2.08 bits per heavy atom. The molecule has 0 unspecified atom stereocenters. The average molecular weight is 187 g/mol. The quantitative estimate of drug-likeness (QED) is 0.720. The highest BCUT2D eigenvalue weighted by Crippen LogP contribution is 2.29. The predicted molar refractivity (Wildman–Crippen MR) is 58.6 cm³/mol. The molecule has 1 N–H and O–H groups in total. The van der Waals surface area contributed by atoms with Crippen LogP contribution >= 0.6 is 0 Å². The molecule has 2 nitrogen and oxygen atoms in total. The van der Waals surface area contributed by atoms with Crippen LogP contribution in [0.25, 0.3) is 0 Å². The minimum absolute atomic E-state index is 0. The van der Waals surface area contributed by atoms with Crippen molar-refractivity contribution < 1.29 is 6.22 Å². The molecule has 1 amide bonds. The van der Waals surface area contributed by atoms with E-state index in [0.29, 0.717) is 12.3 Å². The summed E-state index contributed by atoms with van der Waals surface area (Å²) < 4.78 is 0.